The van der Waals surface area contributed by atoms with Crippen molar-refractivity contribution in [1.29, 1.82) is 0 Å². The molecule has 0 radical (unpaired) electrons. The Bertz CT molecular complexity index is 448. The van der Waals surface area contributed by atoms with Crippen molar-refractivity contribution in [2.24, 2.45) is 0 Å². The van der Waals surface area contributed by atoms with Crippen LogP contribution in [-0.4, -0.2) is 28.8 Å². The van der Waals surface area contributed by atoms with Gasteiger partial charge in [0.05, 0.1) is 11.4 Å². The monoisotopic (exact) mass is 253 g/mol. The van der Waals surface area contributed by atoms with Gasteiger partial charge in [0.15, 0.2) is 0 Å². The normalized spacial score (nSPS) is 14.0. The Kier molecular flexibility index (Phi) is 4.52. The van der Waals surface area contributed by atoms with E-state index in [2.05, 4.69) is 5.32 Å². The summed E-state index contributed by atoms with van der Waals surface area (Å²) in [6.45, 7) is 3.07. The van der Waals surface area contributed by atoms with Gasteiger partial charge in [0.2, 0.25) is 5.91 Å². The Morgan fingerprint density at radius 3 is 2.44 bits per heavy atom. The number of nitrogens with two attached hydrogens (primary N) is 2. The lowest BCUT2D eigenvalue weighted by Gasteiger charge is -2.21. The minimum absolute atomic E-state index is 0.0276. The number of benzene rings is 1. The minimum atomic E-state index is -1.13. The van der Waals surface area contributed by atoms with Gasteiger partial charge in [-0.1, -0.05) is 0 Å². The van der Waals surface area contributed by atoms with Crippen molar-refractivity contribution in [2.45, 2.75) is 26.1 Å². The lowest BCUT2D eigenvalue weighted by molar-refractivity contribution is -0.119. The van der Waals surface area contributed by atoms with Crippen LogP contribution in [-0.2, 0) is 4.79 Å². The molecule has 0 aliphatic carbocycles. The number of aliphatic hydroxyl groups excluding tert-OH is 2. The number of amides is 1. The highest BCUT2D eigenvalue weighted by Crippen LogP contribution is 2.27. The highest BCUT2D eigenvalue weighted by molar-refractivity contribution is 5.72. The van der Waals surface area contributed by atoms with Gasteiger partial charge in [0.1, 0.15) is 12.2 Å². The van der Waals surface area contributed by atoms with E-state index in [1.807, 2.05) is 0 Å². The smallest absolute Gasteiger partial charge is 0.216 e. The first-order valence-corrected chi connectivity index (χ1v) is 5.59. The van der Waals surface area contributed by atoms with Gasteiger partial charge >= 0.3 is 0 Å². The third-order valence-electron chi connectivity index (χ3n) is 2.71. The topological polar surface area (TPSA) is 122 Å². The summed E-state index contributed by atoms with van der Waals surface area (Å²) in [4.78, 5) is 10.7. The molecule has 0 bridgehead atoms. The average Bonchev–Trinajstić information content (AvgIpc) is 2.29. The summed E-state index contributed by atoms with van der Waals surface area (Å²) in [6, 6.07) is 3.17. The molecule has 2 atom stereocenters. The second kappa shape index (κ2) is 5.70. The number of anilines is 2. The number of carbonyl (C=O) groups is 1. The molecule has 0 aliphatic rings. The van der Waals surface area contributed by atoms with Gasteiger partial charge in [0, 0.05) is 13.5 Å². The van der Waals surface area contributed by atoms with Crippen molar-refractivity contribution in [2.75, 3.05) is 18.0 Å². The zero-order valence-electron chi connectivity index (χ0n) is 10.5. The van der Waals surface area contributed by atoms with Gasteiger partial charge < -0.3 is 27.0 Å². The van der Waals surface area contributed by atoms with E-state index >= 15 is 0 Å². The van der Waals surface area contributed by atoms with Crippen LogP contribution >= 0.6 is 0 Å². The summed E-state index contributed by atoms with van der Waals surface area (Å²) in [7, 11) is 0. The number of hydrogen-bond acceptors (Lipinski definition) is 5. The zero-order chi connectivity index (χ0) is 13.9. The number of aliphatic hydroxyl groups is 2. The Morgan fingerprint density at radius 2 is 1.89 bits per heavy atom. The van der Waals surface area contributed by atoms with Crippen molar-refractivity contribution in [1.82, 2.24) is 5.32 Å². The maximum atomic E-state index is 10.7. The first-order valence-electron chi connectivity index (χ1n) is 5.59. The third-order valence-corrected chi connectivity index (χ3v) is 2.71. The molecule has 1 rings (SSSR count). The predicted octanol–water partition coefficient (Wildman–Crippen LogP) is -0.310. The molecule has 1 amide bonds. The summed E-state index contributed by atoms with van der Waals surface area (Å²) in [5.74, 6) is -0.269. The largest absolute Gasteiger partial charge is 0.397 e. The van der Waals surface area contributed by atoms with Gasteiger partial charge in [-0.3, -0.25) is 4.79 Å². The van der Waals surface area contributed by atoms with Crippen LogP contribution in [0.2, 0.25) is 0 Å². The number of carbonyl (C=O) groups excluding carboxylic acids is 1. The van der Waals surface area contributed by atoms with E-state index in [0.29, 0.717) is 16.9 Å². The van der Waals surface area contributed by atoms with Crippen LogP contribution in [0.1, 0.15) is 24.2 Å². The van der Waals surface area contributed by atoms with E-state index in [4.69, 9.17) is 11.5 Å². The minimum Gasteiger partial charge on any atom is -0.397 e. The molecule has 18 heavy (non-hydrogen) atoms. The van der Waals surface area contributed by atoms with Gasteiger partial charge in [-0.05, 0) is 30.2 Å². The van der Waals surface area contributed by atoms with E-state index in [1.54, 1.807) is 13.0 Å². The van der Waals surface area contributed by atoms with Gasteiger partial charge in [-0.15, -0.1) is 0 Å². The number of nitrogen functional groups attached to an aromatic ring is 2. The third kappa shape index (κ3) is 3.35. The molecule has 2 unspecified atom stereocenters. The quantitative estimate of drug-likeness (QED) is 0.471. The summed E-state index contributed by atoms with van der Waals surface area (Å²) in [6.07, 6.45) is -2.23. The van der Waals surface area contributed by atoms with E-state index in [1.165, 1.54) is 13.0 Å². The fourth-order valence-corrected chi connectivity index (χ4v) is 1.65. The molecule has 1 aromatic rings. The molecular formula is C12H19N3O3. The Balaban J connectivity index is 2.86. The molecule has 7 N–H and O–H groups in total. The van der Waals surface area contributed by atoms with Crippen LogP contribution in [0.3, 0.4) is 0 Å². The average molecular weight is 253 g/mol. The molecule has 0 heterocycles. The fourth-order valence-electron chi connectivity index (χ4n) is 1.65. The number of hydrogen-bond donors (Lipinski definition) is 5. The second-order valence-corrected chi connectivity index (χ2v) is 4.29. The molecule has 6 heteroatoms. The molecule has 0 saturated carbocycles. The first kappa shape index (κ1) is 14.3. The van der Waals surface area contributed by atoms with E-state index in [0.717, 1.165) is 5.56 Å². The van der Waals surface area contributed by atoms with Crippen LogP contribution in [0.25, 0.3) is 0 Å². The highest BCUT2D eigenvalue weighted by Gasteiger charge is 2.21. The lowest BCUT2D eigenvalue weighted by Crippen LogP contribution is -2.34. The number of aryl methyl sites for hydroxylation is 1. The van der Waals surface area contributed by atoms with Crippen LogP contribution in [0.5, 0.6) is 0 Å². The molecule has 0 spiro atoms. The number of rotatable bonds is 4. The van der Waals surface area contributed by atoms with Crippen LogP contribution in [0.4, 0.5) is 11.4 Å². The number of nitrogens with one attached hydrogen (secondary N) is 1. The maximum Gasteiger partial charge on any atom is 0.216 e. The SMILES string of the molecule is CC(=O)NCC(O)C(O)c1cc(N)c(N)cc1C. The first-order chi connectivity index (χ1) is 8.32. The Morgan fingerprint density at radius 1 is 1.33 bits per heavy atom. The molecule has 100 valence electrons. The van der Waals surface area contributed by atoms with Gasteiger partial charge in [-0.2, -0.15) is 0 Å². The highest BCUT2D eigenvalue weighted by atomic mass is 16.3. The maximum absolute atomic E-state index is 10.7. The molecular weight excluding hydrogens is 234 g/mol. The summed E-state index contributed by atoms with van der Waals surface area (Å²) in [5.41, 5.74) is 13.3. The van der Waals surface area contributed by atoms with E-state index < -0.39 is 12.2 Å². The zero-order valence-corrected chi connectivity index (χ0v) is 10.5. The van der Waals surface area contributed by atoms with Crippen LogP contribution in [0, 0.1) is 6.92 Å². The molecule has 0 aromatic heterocycles. The molecule has 1 aromatic carbocycles. The molecule has 6 nitrogen and oxygen atoms in total. The summed E-state index contributed by atoms with van der Waals surface area (Å²) < 4.78 is 0. The van der Waals surface area contributed by atoms with E-state index in [-0.39, 0.29) is 12.5 Å². The molecule has 0 aliphatic heterocycles. The van der Waals surface area contributed by atoms with Crippen molar-refractivity contribution in [3.63, 3.8) is 0 Å². The lowest BCUT2D eigenvalue weighted by atomic mass is 9.98. The standard InChI is InChI=1S/C12H19N3O3/c1-6-3-9(13)10(14)4-8(6)12(18)11(17)5-15-7(2)16/h3-4,11-12,17-18H,5,13-14H2,1-2H3,(H,15,16). The fraction of sp³-hybridized carbons (Fsp3) is 0.417. The van der Waals surface area contributed by atoms with E-state index in [9.17, 15) is 15.0 Å². The summed E-state index contributed by atoms with van der Waals surface area (Å²) in [5, 5.41) is 22.2. The van der Waals surface area contributed by atoms with Crippen LogP contribution < -0.4 is 16.8 Å². The van der Waals surface area contributed by atoms with Gasteiger partial charge in [-0.25, -0.2) is 0 Å². The predicted molar refractivity (Wildman–Crippen MR) is 69.7 cm³/mol. The van der Waals surface area contributed by atoms with Gasteiger partial charge in [0.25, 0.3) is 0 Å². The van der Waals surface area contributed by atoms with Crippen molar-refractivity contribution in [3.05, 3.63) is 23.3 Å². The van der Waals surface area contributed by atoms with Crippen molar-refractivity contribution >= 4 is 17.3 Å². The van der Waals surface area contributed by atoms with Crippen molar-refractivity contribution < 1.29 is 15.0 Å². The van der Waals surface area contributed by atoms with Crippen molar-refractivity contribution in [3.8, 4) is 0 Å². The second-order valence-electron chi connectivity index (χ2n) is 4.29. The Hall–Kier alpha value is -1.79. The Labute approximate surface area is 106 Å². The molecule has 0 saturated heterocycles. The molecule has 0 fully saturated rings. The van der Waals surface area contributed by atoms with Crippen LogP contribution in [0.15, 0.2) is 12.1 Å². The summed E-state index contributed by atoms with van der Waals surface area (Å²) >= 11 is 0.